The SMILES string of the molecule is COC(=O)C1CN(C(=O)OCC2c3ccccc3-c3ccccc32)CCN1. The van der Waals surface area contributed by atoms with Gasteiger partial charge in [0, 0.05) is 19.0 Å². The maximum atomic E-state index is 12.6. The van der Waals surface area contributed by atoms with E-state index in [1.54, 1.807) is 4.90 Å². The van der Waals surface area contributed by atoms with Crippen LogP contribution in [0.4, 0.5) is 4.79 Å². The monoisotopic (exact) mass is 366 g/mol. The Balaban J connectivity index is 1.46. The number of benzene rings is 2. The predicted octanol–water partition coefficient (Wildman–Crippen LogP) is 2.38. The van der Waals surface area contributed by atoms with Crippen LogP contribution >= 0.6 is 0 Å². The van der Waals surface area contributed by atoms with Crippen LogP contribution in [0.2, 0.25) is 0 Å². The fourth-order valence-corrected chi connectivity index (χ4v) is 3.90. The van der Waals surface area contributed by atoms with Crippen molar-refractivity contribution >= 4 is 12.1 Å². The number of nitrogens with one attached hydrogen (secondary N) is 1. The highest BCUT2D eigenvalue weighted by Crippen LogP contribution is 2.44. The summed E-state index contributed by atoms with van der Waals surface area (Å²) in [5.74, 6) is -0.341. The number of hydrogen-bond donors (Lipinski definition) is 1. The van der Waals surface area contributed by atoms with Crippen molar-refractivity contribution < 1.29 is 19.1 Å². The van der Waals surface area contributed by atoms with Gasteiger partial charge in [0.2, 0.25) is 0 Å². The van der Waals surface area contributed by atoms with Crippen molar-refractivity contribution in [1.29, 1.82) is 0 Å². The molecule has 1 N–H and O–H groups in total. The molecule has 6 heteroatoms. The number of nitrogens with zero attached hydrogens (tertiary/aromatic N) is 1. The van der Waals surface area contributed by atoms with Gasteiger partial charge in [-0.25, -0.2) is 4.79 Å². The Kier molecular flexibility index (Phi) is 4.81. The summed E-state index contributed by atoms with van der Waals surface area (Å²) in [4.78, 5) is 25.8. The summed E-state index contributed by atoms with van der Waals surface area (Å²) in [6, 6.07) is 15.9. The van der Waals surface area contributed by atoms with Crippen LogP contribution in [0.25, 0.3) is 11.1 Å². The van der Waals surface area contributed by atoms with Crippen molar-refractivity contribution in [2.24, 2.45) is 0 Å². The maximum Gasteiger partial charge on any atom is 0.409 e. The highest BCUT2D eigenvalue weighted by Gasteiger charge is 2.32. The molecule has 1 atom stereocenters. The molecule has 6 nitrogen and oxygen atoms in total. The minimum Gasteiger partial charge on any atom is -0.468 e. The van der Waals surface area contributed by atoms with Crippen molar-refractivity contribution in [2.75, 3.05) is 33.4 Å². The molecule has 1 aliphatic carbocycles. The van der Waals surface area contributed by atoms with E-state index in [0.29, 0.717) is 13.1 Å². The molecule has 140 valence electrons. The second-order valence-electron chi connectivity index (χ2n) is 6.78. The number of fused-ring (bicyclic) bond motifs is 3. The molecule has 0 bridgehead atoms. The molecule has 1 saturated heterocycles. The minimum absolute atomic E-state index is 0.0284. The molecule has 27 heavy (non-hydrogen) atoms. The van der Waals surface area contributed by atoms with E-state index < -0.39 is 12.1 Å². The Morgan fingerprint density at radius 2 is 1.70 bits per heavy atom. The smallest absolute Gasteiger partial charge is 0.409 e. The van der Waals surface area contributed by atoms with E-state index in [1.807, 2.05) is 24.3 Å². The first-order chi connectivity index (χ1) is 13.2. The van der Waals surface area contributed by atoms with Crippen LogP contribution in [0.5, 0.6) is 0 Å². The van der Waals surface area contributed by atoms with Crippen LogP contribution in [0.3, 0.4) is 0 Å². The van der Waals surface area contributed by atoms with Gasteiger partial charge < -0.3 is 19.7 Å². The van der Waals surface area contributed by atoms with E-state index in [0.717, 1.165) is 0 Å². The van der Waals surface area contributed by atoms with Gasteiger partial charge in [-0.05, 0) is 22.3 Å². The van der Waals surface area contributed by atoms with E-state index in [9.17, 15) is 9.59 Å². The Bertz CT molecular complexity index is 821. The van der Waals surface area contributed by atoms with Crippen LogP contribution in [-0.2, 0) is 14.3 Å². The van der Waals surface area contributed by atoms with E-state index in [1.165, 1.54) is 29.4 Å². The van der Waals surface area contributed by atoms with Gasteiger partial charge in [0.25, 0.3) is 0 Å². The highest BCUT2D eigenvalue weighted by atomic mass is 16.6. The van der Waals surface area contributed by atoms with Crippen molar-refractivity contribution in [1.82, 2.24) is 10.2 Å². The molecule has 4 rings (SSSR count). The molecule has 0 spiro atoms. The summed E-state index contributed by atoms with van der Waals surface area (Å²) in [5, 5.41) is 3.05. The second kappa shape index (κ2) is 7.40. The number of ether oxygens (including phenoxy) is 2. The number of rotatable bonds is 3. The third-order valence-electron chi connectivity index (χ3n) is 5.26. The number of esters is 1. The predicted molar refractivity (Wildman–Crippen MR) is 100 cm³/mol. The third-order valence-corrected chi connectivity index (χ3v) is 5.26. The lowest BCUT2D eigenvalue weighted by molar-refractivity contribution is -0.144. The molecular weight excluding hydrogens is 344 g/mol. The van der Waals surface area contributed by atoms with Crippen molar-refractivity contribution in [3.63, 3.8) is 0 Å². The normalized spacial score (nSPS) is 18.6. The van der Waals surface area contributed by atoms with Crippen molar-refractivity contribution in [3.05, 3.63) is 59.7 Å². The molecule has 2 aliphatic rings. The fraction of sp³-hybridized carbons (Fsp3) is 0.333. The molecule has 0 aromatic heterocycles. The van der Waals surface area contributed by atoms with Crippen molar-refractivity contribution in [2.45, 2.75) is 12.0 Å². The summed E-state index contributed by atoms with van der Waals surface area (Å²) in [7, 11) is 1.34. The summed E-state index contributed by atoms with van der Waals surface area (Å²) in [6.45, 7) is 1.57. The van der Waals surface area contributed by atoms with Gasteiger partial charge in [0.15, 0.2) is 0 Å². The Morgan fingerprint density at radius 3 is 2.33 bits per heavy atom. The summed E-state index contributed by atoms with van der Waals surface area (Å²) in [5.41, 5.74) is 4.75. The zero-order valence-corrected chi connectivity index (χ0v) is 15.2. The molecule has 1 fully saturated rings. The van der Waals surface area contributed by atoms with Gasteiger partial charge in [-0.15, -0.1) is 0 Å². The van der Waals surface area contributed by atoms with Crippen LogP contribution in [0.15, 0.2) is 48.5 Å². The third kappa shape index (κ3) is 3.28. The van der Waals surface area contributed by atoms with Crippen molar-refractivity contribution in [3.8, 4) is 11.1 Å². The first-order valence-electron chi connectivity index (χ1n) is 9.10. The molecule has 1 amide bonds. The quantitative estimate of drug-likeness (QED) is 0.845. The van der Waals surface area contributed by atoms with Gasteiger partial charge in [0.1, 0.15) is 12.6 Å². The summed E-state index contributed by atoms with van der Waals surface area (Å²) in [6.07, 6.45) is -0.396. The van der Waals surface area contributed by atoms with Gasteiger partial charge in [0.05, 0.1) is 13.7 Å². The molecule has 1 unspecified atom stereocenters. The minimum atomic E-state index is -0.510. The lowest BCUT2D eigenvalue weighted by Crippen LogP contribution is -2.56. The van der Waals surface area contributed by atoms with Crippen LogP contribution in [0, 0.1) is 0 Å². The van der Waals surface area contributed by atoms with Crippen LogP contribution in [-0.4, -0.2) is 56.4 Å². The Labute approximate surface area is 158 Å². The second-order valence-corrected chi connectivity index (χ2v) is 6.78. The molecule has 0 saturated carbocycles. The van der Waals surface area contributed by atoms with Gasteiger partial charge in [-0.1, -0.05) is 48.5 Å². The summed E-state index contributed by atoms with van der Waals surface area (Å²) >= 11 is 0. The maximum absolute atomic E-state index is 12.6. The zero-order chi connectivity index (χ0) is 18.8. The number of piperazine rings is 1. The average Bonchev–Trinajstić information content (AvgIpc) is 3.05. The van der Waals surface area contributed by atoms with Crippen LogP contribution in [0.1, 0.15) is 17.0 Å². The molecular formula is C21H22N2O4. The lowest BCUT2D eigenvalue weighted by atomic mass is 9.98. The van der Waals surface area contributed by atoms with Gasteiger partial charge in [-0.3, -0.25) is 4.79 Å². The van der Waals surface area contributed by atoms with Gasteiger partial charge >= 0.3 is 12.1 Å². The van der Waals surface area contributed by atoms with E-state index in [2.05, 4.69) is 29.6 Å². The first-order valence-corrected chi connectivity index (χ1v) is 9.10. The molecule has 1 heterocycles. The molecule has 1 aliphatic heterocycles. The highest BCUT2D eigenvalue weighted by molar-refractivity contribution is 5.79. The molecule has 2 aromatic carbocycles. The number of methoxy groups -OCH3 is 1. The van der Waals surface area contributed by atoms with E-state index in [-0.39, 0.29) is 25.0 Å². The van der Waals surface area contributed by atoms with Gasteiger partial charge in [-0.2, -0.15) is 0 Å². The fourth-order valence-electron chi connectivity index (χ4n) is 3.90. The Morgan fingerprint density at radius 1 is 1.07 bits per heavy atom. The molecule has 0 radical (unpaired) electrons. The number of hydrogen-bond acceptors (Lipinski definition) is 5. The van der Waals surface area contributed by atoms with E-state index in [4.69, 9.17) is 9.47 Å². The first kappa shape index (κ1) is 17.5. The lowest BCUT2D eigenvalue weighted by Gasteiger charge is -2.31. The average molecular weight is 366 g/mol. The Hall–Kier alpha value is -2.86. The number of carbonyl (C=O) groups excluding carboxylic acids is 2. The van der Waals surface area contributed by atoms with Crippen LogP contribution < -0.4 is 5.32 Å². The summed E-state index contributed by atoms with van der Waals surface area (Å²) < 4.78 is 10.4. The number of carbonyl (C=O) groups is 2. The van der Waals surface area contributed by atoms with E-state index >= 15 is 0 Å². The number of amides is 1. The topological polar surface area (TPSA) is 67.9 Å². The largest absolute Gasteiger partial charge is 0.468 e. The molecule has 2 aromatic rings. The standard InChI is InChI=1S/C21H22N2O4/c1-26-20(24)19-12-23(11-10-22-19)21(25)27-13-18-16-8-4-2-6-14(16)15-7-3-5-9-17(15)18/h2-9,18-19,22H,10-13H2,1H3. The zero-order valence-electron chi connectivity index (χ0n) is 15.2.